The molecule has 0 amide bonds. The summed E-state index contributed by atoms with van der Waals surface area (Å²) in [5, 5.41) is 0. The maximum atomic E-state index is 6.12. The first-order chi connectivity index (χ1) is 9.60. The highest BCUT2D eigenvalue weighted by atomic mass is 15.4. The second-order valence-corrected chi connectivity index (χ2v) is 5.33. The number of anilines is 3. The predicted octanol–water partition coefficient (Wildman–Crippen LogP) is 2.87. The molecule has 1 aliphatic heterocycles. The Morgan fingerprint density at radius 2 is 2.05 bits per heavy atom. The quantitative estimate of drug-likeness (QED) is 0.851. The van der Waals surface area contributed by atoms with Crippen LogP contribution in [0.25, 0.3) is 11.3 Å². The number of nitrogens with two attached hydrogens (primary N) is 1. The molecule has 0 unspecified atom stereocenters. The molecular formula is C16H20N4. The fraction of sp³-hybridized carbons (Fsp3) is 0.312. The Morgan fingerprint density at radius 1 is 1.25 bits per heavy atom. The maximum Gasteiger partial charge on any atom is 0.154 e. The average molecular weight is 268 g/mol. The van der Waals surface area contributed by atoms with E-state index in [9.17, 15) is 0 Å². The molecule has 104 valence electrons. The third kappa shape index (κ3) is 1.97. The number of aryl methyl sites for hydroxylation is 1. The summed E-state index contributed by atoms with van der Waals surface area (Å²) in [7, 11) is 2.07. The average Bonchev–Trinajstić information content (AvgIpc) is 2.75. The van der Waals surface area contributed by atoms with Crippen LogP contribution in [-0.2, 0) is 0 Å². The molecule has 2 N–H and O–H groups in total. The minimum Gasteiger partial charge on any atom is -0.398 e. The standard InChI is InChI=1S/C16H20N4/c1-4-20-10-19(3)16-15(20)8-7-14(18-16)12-6-5-11(2)9-13(12)17/h5-9H,4,10,17H2,1-3H3. The monoisotopic (exact) mass is 268 g/mol. The number of aromatic nitrogens is 1. The SMILES string of the molecule is CCN1CN(C)c2nc(-c3ccc(C)cc3N)ccc21. The minimum atomic E-state index is 0.783. The van der Waals surface area contributed by atoms with Gasteiger partial charge in [-0.15, -0.1) is 0 Å². The highest BCUT2D eigenvalue weighted by molar-refractivity contribution is 5.80. The van der Waals surface area contributed by atoms with E-state index < -0.39 is 0 Å². The van der Waals surface area contributed by atoms with Crippen molar-refractivity contribution in [3.05, 3.63) is 35.9 Å². The zero-order valence-corrected chi connectivity index (χ0v) is 12.2. The van der Waals surface area contributed by atoms with Crippen molar-refractivity contribution < 1.29 is 0 Å². The first-order valence-electron chi connectivity index (χ1n) is 6.93. The lowest BCUT2D eigenvalue weighted by molar-refractivity contribution is 0.842. The van der Waals surface area contributed by atoms with Crippen LogP contribution >= 0.6 is 0 Å². The molecule has 2 aromatic rings. The molecule has 4 nitrogen and oxygen atoms in total. The number of hydrogen-bond acceptors (Lipinski definition) is 4. The van der Waals surface area contributed by atoms with E-state index in [1.54, 1.807) is 0 Å². The van der Waals surface area contributed by atoms with E-state index in [1.165, 1.54) is 11.3 Å². The van der Waals surface area contributed by atoms with Crippen molar-refractivity contribution >= 4 is 17.2 Å². The van der Waals surface area contributed by atoms with Gasteiger partial charge in [0.05, 0.1) is 18.1 Å². The summed E-state index contributed by atoms with van der Waals surface area (Å²) in [5.41, 5.74) is 11.2. The Labute approximate surface area is 119 Å². The Balaban J connectivity index is 2.07. The number of nitrogens with zero attached hydrogens (tertiary/aromatic N) is 3. The highest BCUT2D eigenvalue weighted by Gasteiger charge is 2.24. The van der Waals surface area contributed by atoms with Gasteiger partial charge in [0, 0.05) is 24.8 Å². The molecule has 0 saturated carbocycles. The largest absolute Gasteiger partial charge is 0.398 e. The van der Waals surface area contributed by atoms with Crippen molar-refractivity contribution in [1.29, 1.82) is 0 Å². The van der Waals surface area contributed by atoms with Crippen molar-refractivity contribution in [3.8, 4) is 11.3 Å². The molecular weight excluding hydrogens is 248 g/mol. The number of fused-ring (bicyclic) bond motifs is 1. The van der Waals surface area contributed by atoms with Crippen LogP contribution in [0.5, 0.6) is 0 Å². The lowest BCUT2D eigenvalue weighted by Crippen LogP contribution is -2.27. The van der Waals surface area contributed by atoms with Gasteiger partial charge < -0.3 is 15.5 Å². The van der Waals surface area contributed by atoms with Gasteiger partial charge in [-0.1, -0.05) is 12.1 Å². The Morgan fingerprint density at radius 3 is 2.75 bits per heavy atom. The molecule has 0 atom stereocenters. The van der Waals surface area contributed by atoms with Crippen LogP contribution in [0.15, 0.2) is 30.3 Å². The summed E-state index contributed by atoms with van der Waals surface area (Å²) in [6, 6.07) is 10.3. The van der Waals surface area contributed by atoms with Gasteiger partial charge in [0.2, 0.25) is 0 Å². The van der Waals surface area contributed by atoms with E-state index in [0.29, 0.717) is 0 Å². The number of pyridine rings is 1. The Hall–Kier alpha value is -2.23. The summed E-state index contributed by atoms with van der Waals surface area (Å²) < 4.78 is 0. The molecule has 0 radical (unpaired) electrons. The van der Waals surface area contributed by atoms with Crippen molar-refractivity contribution in [1.82, 2.24) is 4.98 Å². The van der Waals surface area contributed by atoms with Crippen LogP contribution in [0.4, 0.5) is 17.2 Å². The lowest BCUT2D eigenvalue weighted by Gasteiger charge is -2.15. The molecule has 1 aromatic heterocycles. The van der Waals surface area contributed by atoms with Gasteiger partial charge >= 0.3 is 0 Å². The van der Waals surface area contributed by atoms with Gasteiger partial charge in [-0.2, -0.15) is 0 Å². The molecule has 0 saturated heterocycles. The van der Waals surface area contributed by atoms with Crippen molar-refractivity contribution in [3.63, 3.8) is 0 Å². The van der Waals surface area contributed by atoms with Crippen LogP contribution in [0.3, 0.4) is 0 Å². The smallest absolute Gasteiger partial charge is 0.154 e. The normalized spacial score (nSPS) is 13.8. The van der Waals surface area contributed by atoms with Crippen LogP contribution in [0.1, 0.15) is 12.5 Å². The van der Waals surface area contributed by atoms with E-state index in [2.05, 4.69) is 42.0 Å². The number of benzene rings is 1. The van der Waals surface area contributed by atoms with Crippen molar-refractivity contribution in [2.75, 3.05) is 35.8 Å². The number of nitrogen functional groups attached to an aromatic ring is 1. The topological polar surface area (TPSA) is 45.4 Å². The second-order valence-electron chi connectivity index (χ2n) is 5.33. The summed E-state index contributed by atoms with van der Waals surface area (Å²) >= 11 is 0. The zero-order chi connectivity index (χ0) is 14.3. The van der Waals surface area contributed by atoms with Gasteiger partial charge in [0.1, 0.15) is 0 Å². The summed E-state index contributed by atoms with van der Waals surface area (Å²) in [6.45, 7) is 6.09. The molecule has 2 heterocycles. The van der Waals surface area contributed by atoms with Crippen LogP contribution < -0.4 is 15.5 Å². The van der Waals surface area contributed by atoms with Crippen LogP contribution in [0, 0.1) is 6.92 Å². The molecule has 0 fully saturated rings. The number of hydrogen-bond donors (Lipinski definition) is 1. The Bertz CT molecular complexity index is 651. The summed E-state index contributed by atoms with van der Waals surface area (Å²) in [5.74, 6) is 1.03. The Kier molecular flexibility index (Phi) is 3.01. The molecule has 0 aliphatic carbocycles. The molecule has 1 aliphatic rings. The first-order valence-corrected chi connectivity index (χ1v) is 6.93. The predicted molar refractivity (Wildman–Crippen MR) is 85.1 cm³/mol. The van der Waals surface area contributed by atoms with Gasteiger partial charge in [0.15, 0.2) is 5.82 Å². The molecule has 0 bridgehead atoms. The molecule has 20 heavy (non-hydrogen) atoms. The molecule has 3 rings (SSSR count). The summed E-state index contributed by atoms with van der Waals surface area (Å²) in [6.07, 6.45) is 0. The fourth-order valence-corrected chi connectivity index (χ4v) is 2.70. The van der Waals surface area contributed by atoms with E-state index in [-0.39, 0.29) is 0 Å². The van der Waals surface area contributed by atoms with Crippen LogP contribution in [0.2, 0.25) is 0 Å². The van der Waals surface area contributed by atoms with Gasteiger partial charge in [-0.25, -0.2) is 4.98 Å². The first kappa shape index (κ1) is 12.8. The fourth-order valence-electron chi connectivity index (χ4n) is 2.70. The number of rotatable bonds is 2. The summed E-state index contributed by atoms with van der Waals surface area (Å²) in [4.78, 5) is 9.28. The molecule has 4 heteroatoms. The maximum absolute atomic E-state index is 6.12. The van der Waals surface area contributed by atoms with Crippen LogP contribution in [-0.4, -0.2) is 25.2 Å². The van der Waals surface area contributed by atoms with Gasteiger partial charge in [0.25, 0.3) is 0 Å². The zero-order valence-electron chi connectivity index (χ0n) is 12.2. The second kappa shape index (κ2) is 4.71. The van der Waals surface area contributed by atoms with Gasteiger partial charge in [-0.05, 0) is 37.6 Å². The van der Waals surface area contributed by atoms with E-state index in [4.69, 9.17) is 10.7 Å². The van der Waals surface area contributed by atoms with Crippen molar-refractivity contribution in [2.24, 2.45) is 0 Å². The van der Waals surface area contributed by atoms with E-state index >= 15 is 0 Å². The highest BCUT2D eigenvalue weighted by Crippen LogP contribution is 2.36. The molecule has 1 aromatic carbocycles. The minimum absolute atomic E-state index is 0.783. The third-order valence-electron chi connectivity index (χ3n) is 3.80. The van der Waals surface area contributed by atoms with E-state index in [1.807, 2.05) is 19.1 Å². The van der Waals surface area contributed by atoms with E-state index in [0.717, 1.165) is 36.0 Å². The lowest BCUT2D eigenvalue weighted by atomic mass is 10.1. The third-order valence-corrected chi connectivity index (χ3v) is 3.80. The molecule has 0 spiro atoms. The van der Waals surface area contributed by atoms with Gasteiger partial charge in [-0.3, -0.25) is 0 Å². The van der Waals surface area contributed by atoms with Crippen molar-refractivity contribution in [2.45, 2.75) is 13.8 Å².